The Kier molecular flexibility index (Phi) is 6.08. The minimum absolute atomic E-state index is 0.219. The normalized spacial score (nSPS) is 15.3. The quantitative estimate of drug-likeness (QED) is 0.542. The van der Waals surface area contributed by atoms with Gasteiger partial charge in [-0.25, -0.2) is 5.01 Å². The maximum Gasteiger partial charge on any atom is 0.281 e. The second kappa shape index (κ2) is 9.26. The predicted molar refractivity (Wildman–Crippen MR) is 118 cm³/mol. The van der Waals surface area contributed by atoms with E-state index in [9.17, 15) is 9.59 Å². The van der Waals surface area contributed by atoms with E-state index in [0.29, 0.717) is 24.0 Å². The van der Waals surface area contributed by atoms with Crippen molar-refractivity contribution in [2.24, 2.45) is 5.10 Å². The Bertz CT molecular complexity index is 1090. The number of hydrogen-bond donors (Lipinski definition) is 0. The van der Waals surface area contributed by atoms with Crippen molar-refractivity contribution in [3.05, 3.63) is 95.6 Å². The van der Waals surface area contributed by atoms with E-state index in [0.717, 1.165) is 22.6 Å². The van der Waals surface area contributed by atoms with Crippen LogP contribution in [0.25, 0.3) is 0 Å². The van der Waals surface area contributed by atoms with E-state index in [1.165, 1.54) is 5.01 Å². The van der Waals surface area contributed by atoms with E-state index in [-0.39, 0.29) is 18.6 Å². The summed E-state index contributed by atoms with van der Waals surface area (Å²) in [5.41, 5.74) is 3.17. The van der Waals surface area contributed by atoms with E-state index in [1.807, 2.05) is 54.6 Å². The van der Waals surface area contributed by atoms with Crippen LogP contribution in [0.5, 0.6) is 11.5 Å². The van der Waals surface area contributed by atoms with Crippen molar-refractivity contribution in [3.8, 4) is 11.5 Å². The van der Waals surface area contributed by atoms with E-state index in [1.54, 1.807) is 31.4 Å². The van der Waals surface area contributed by atoms with Crippen LogP contribution in [0.1, 0.15) is 33.9 Å². The fourth-order valence-corrected chi connectivity index (χ4v) is 3.55. The maximum atomic E-state index is 13.1. The summed E-state index contributed by atoms with van der Waals surface area (Å²) < 4.78 is 10.9. The predicted octanol–water partition coefficient (Wildman–Crippen LogP) is 4.26. The zero-order valence-corrected chi connectivity index (χ0v) is 17.1. The van der Waals surface area contributed by atoms with Crippen molar-refractivity contribution in [1.29, 1.82) is 0 Å². The first-order valence-corrected chi connectivity index (χ1v) is 9.95. The molecule has 1 aliphatic heterocycles. The summed E-state index contributed by atoms with van der Waals surface area (Å²) in [6.45, 7) is -0.219. The molecule has 1 amide bonds. The lowest BCUT2D eigenvalue weighted by Gasteiger charge is -2.22. The minimum atomic E-state index is -0.285. The zero-order chi connectivity index (χ0) is 21.6. The third-order valence-electron chi connectivity index (χ3n) is 5.17. The van der Waals surface area contributed by atoms with Gasteiger partial charge in [-0.15, -0.1) is 0 Å². The van der Waals surface area contributed by atoms with Gasteiger partial charge in [-0.1, -0.05) is 54.6 Å². The highest BCUT2D eigenvalue weighted by atomic mass is 16.5. The van der Waals surface area contributed by atoms with Crippen LogP contribution in [-0.2, 0) is 4.79 Å². The van der Waals surface area contributed by atoms with Crippen molar-refractivity contribution in [3.63, 3.8) is 0 Å². The van der Waals surface area contributed by atoms with Crippen molar-refractivity contribution >= 4 is 17.9 Å². The molecule has 0 radical (unpaired) electrons. The Morgan fingerprint density at radius 3 is 2.45 bits per heavy atom. The summed E-state index contributed by atoms with van der Waals surface area (Å²) in [7, 11) is 1.62. The molecule has 0 spiro atoms. The van der Waals surface area contributed by atoms with Gasteiger partial charge in [0.2, 0.25) is 0 Å². The summed E-state index contributed by atoms with van der Waals surface area (Å²) in [5.74, 6) is 0.836. The Hall–Kier alpha value is -3.93. The first kappa shape index (κ1) is 20.3. The number of benzene rings is 3. The molecule has 3 aromatic carbocycles. The van der Waals surface area contributed by atoms with Crippen molar-refractivity contribution in [2.45, 2.75) is 12.5 Å². The van der Waals surface area contributed by atoms with E-state index < -0.39 is 0 Å². The fraction of sp³-hybridized carbons (Fsp3) is 0.160. The topological polar surface area (TPSA) is 68.2 Å². The number of nitrogens with zero attached hydrogens (tertiary/aromatic N) is 2. The molecule has 31 heavy (non-hydrogen) atoms. The van der Waals surface area contributed by atoms with Crippen LogP contribution in [0.15, 0.2) is 84.0 Å². The molecule has 156 valence electrons. The molecule has 0 fully saturated rings. The van der Waals surface area contributed by atoms with Crippen molar-refractivity contribution in [1.82, 2.24) is 5.01 Å². The molecule has 1 atom stereocenters. The summed E-state index contributed by atoms with van der Waals surface area (Å²) in [6.07, 6.45) is 1.30. The first-order valence-electron chi connectivity index (χ1n) is 9.95. The van der Waals surface area contributed by atoms with Crippen LogP contribution < -0.4 is 9.47 Å². The van der Waals surface area contributed by atoms with E-state index >= 15 is 0 Å². The molecule has 0 aromatic heterocycles. The van der Waals surface area contributed by atoms with Crippen LogP contribution in [0.4, 0.5) is 0 Å². The van der Waals surface area contributed by atoms with Gasteiger partial charge in [0, 0.05) is 6.42 Å². The molecule has 0 saturated carbocycles. The van der Waals surface area contributed by atoms with Crippen LogP contribution in [0.2, 0.25) is 0 Å². The molecule has 0 N–H and O–H groups in total. The number of hydrazone groups is 1. The van der Waals surface area contributed by atoms with Crippen LogP contribution in [-0.4, -0.2) is 36.6 Å². The number of para-hydroxylation sites is 1. The second-order valence-corrected chi connectivity index (χ2v) is 7.09. The third-order valence-corrected chi connectivity index (χ3v) is 5.17. The molecule has 0 saturated heterocycles. The van der Waals surface area contributed by atoms with Crippen LogP contribution in [0, 0.1) is 0 Å². The van der Waals surface area contributed by atoms with Crippen LogP contribution in [0.3, 0.4) is 0 Å². The van der Waals surface area contributed by atoms with Gasteiger partial charge >= 0.3 is 0 Å². The summed E-state index contributed by atoms with van der Waals surface area (Å²) in [5, 5.41) is 6.11. The Balaban J connectivity index is 1.58. The van der Waals surface area contributed by atoms with Gasteiger partial charge in [0.25, 0.3) is 5.91 Å². The zero-order valence-electron chi connectivity index (χ0n) is 17.1. The number of amides is 1. The van der Waals surface area contributed by atoms with Crippen LogP contribution >= 0.6 is 0 Å². The number of rotatable bonds is 7. The largest absolute Gasteiger partial charge is 0.497 e. The first-order chi connectivity index (χ1) is 15.2. The second-order valence-electron chi connectivity index (χ2n) is 7.09. The molecule has 0 unspecified atom stereocenters. The average molecular weight is 414 g/mol. The van der Waals surface area contributed by atoms with Crippen molar-refractivity contribution in [2.75, 3.05) is 13.7 Å². The summed E-state index contributed by atoms with van der Waals surface area (Å²) in [6, 6.07) is 24.0. The van der Waals surface area contributed by atoms with Gasteiger partial charge in [0.1, 0.15) is 11.5 Å². The Labute approximate surface area is 180 Å². The smallest absolute Gasteiger partial charge is 0.281 e. The molecule has 3 aromatic rings. The number of ether oxygens (including phenoxy) is 2. The molecule has 1 aliphatic rings. The highest BCUT2D eigenvalue weighted by Crippen LogP contribution is 2.33. The van der Waals surface area contributed by atoms with Gasteiger partial charge in [-0.3, -0.25) is 9.59 Å². The molecular weight excluding hydrogens is 392 g/mol. The minimum Gasteiger partial charge on any atom is -0.497 e. The van der Waals surface area contributed by atoms with E-state index in [4.69, 9.17) is 9.47 Å². The number of aldehydes is 1. The monoisotopic (exact) mass is 414 g/mol. The lowest BCUT2D eigenvalue weighted by molar-refractivity contribution is -0.135. The third kappa shape index (κ3) is 4.48. The van der Waals surface area contributed by atoms with Crippen molar-refractivity contribution < 1.29 is 19.1 Å². The summed E-state index contributed by atoms with van der Waals surface area (Å²) in [4.78, 5) is 24.3. The molecular formula is C25H22N2O4. The molecule has 0 aliphatic carbocycles. The van der Waals surface area contributed by atoms with Gasteiger partial charge in [-0.05, 0) is 35.4 Å². The number of carbonyl (C=O) groups excluding carboxylic acids is 2. The molecule has 1 heterocycles. The lowest BCUT2D eigenvalue weighted by Crippen LogP contribution is -2.31. The number of hydrogen-bond acceptors (Lipinski definition) is 5. The number of carbonyl (C=O) groups is 2. The van der Waals surface area contributed by atoms with E-state index in [2.05, 4.69) is 5.10 Å². The highest BCUT2D eigenvalue weighted by molar-refractivity contribution is 6.03. The molecule has 6 nitrogen and oxygen atoms in total. The molecule has 0 bridgehead atoms. The van der Waals surface area contributed by atoms with Gasteiger partial charge in [0.15, 0.2) is 12.9 Å². The van der Waals surface area contributed by atoms with Gasteiger partial charge in [-0.2, -0.15) is 5.10 Å². The molecule has 4 rings (SSSR count). The maximum absolute atomic E-state index is 13.1. The SMILES string of the molecule is COc1ccc([C@@H]2CC(c3ccccc3)=NN2C(=O)COc2ccccc2C=O)cc1. The Morgan fingerprint density at radius 2 is 1.74 bits per heavy atom. The van der Waals surface area contributed by atoms with Gasteiger partial charge < -0.3 is 9.47 Å². The fourth-order valence-electron chi connectivity index (χ4n) is 3.55. The average Bonchev–Trinajstić information content (AvgIpc) is 3.29. The standard InChI is InChI=1S/C25H22N2O4/c1-30-21-13-11-19(12-14-21)23-15-22(18-7-3-2-4-8-18)26-27(23)25(29)17-31-24-10-6-5-9-20(24)16-28/h2-14,16,23H,15,17H2,1H3/t23-/m0/s1. The number of methoxy groups -OCH3 is 1. The highest BCUT2D eigenvalue weighted by Gasteiger charge is 2.33. The Morgan fingerprint density at radius 1 is 1.03 bits per heavy atom. The van der Waals surface area contributed by atoms with Gasteiger partial charge in [0.05, 0.1) is 24.4 Å². The molecule has 6 heteroatoms. The lowest BCUT2D eigenvalue weighted by atomic mass is 9.98. The summed E-state index contributed by atoms with van der Waals surface area (Å²) >= 11 is 0.